The summed E-state index contributed by atoms with van der Waals surface area (Å²) in [5, 5.41) is 9.68. The first-order valence-corrected chi connectivity index (χ1v) is 4.93. The van der Waals surface area contributed by atoms with Gasteiger partial charge in [0.05, 0.1) is 11.8 Å². The lowest BCUT2D eigenvalue weighted by Gasteiger charge is -2.08. The van der Waals surface area contributed by atoms with E-state index in [1.807, 2.05) is 18.2 Å². The summed E-state index contributed by atoms with van der Waals surface area (Å²) in [7, 11) is 0. The first-order valence-electron chi connectivity index (χ1n) is 4.93. The Hall–Kier alpha value is -0.890. The van der Waals surface area contributed by atoms with Crippen molar-refractivity contribution >= 4 is 0 Å². The fraction of sp³-hybridized carbons (Fsp3) is 0.545. The molecule has 1 N–H and O–H groups in total. The largest absolute Gasteiger partial charge is 0.387 e. The number of aromatic nitrogens is 1. The van der Waals surface area contributed by atoms with Gasteiger partial charge in [0.1, 0.15) is 0 Å². The Labute approximate surface area is 79.6 Å². The quantitative estimate of drug-likeness (QED) is 0.705. The van der Waals surface area contributed by atoms with Crippen LogP contribution in [0.15, 0.2) is 24.4 Å². The Kier molecular flexibility index (Phi) is 4.47. The van der Waals surface area contributed by atoms with E-state index in [1.165, 1.54) is 12.8 Å². The highest BCUT2D eigenvalue weighted by Gasteiger charge is 2.06. The van der Waals surface area contributed by atoms with Crippen LogP contribution in [0.3, 0.4) is 0 Å². The molecule has 1 heterocycles. The molecule has 0 aliphatic heterocycles. The van der Waals surface area contributed by atoms with Gasteiger partial charge in [-0.15, -0.1) is 0 Å². The SMILES string of the molecule is CCCCCC(O)c1ccccn1. The molecular weight excluding hydrogens is 162 g/mol. The molecule has 72 valence electrons. The molecule has 13 heavy (non-hydrogen) atoms. The van der Waals surface area contributed by atoms with Gasteiger partial charge in [0, 0.05) is 6.20 Å². The molecular formula is C11H17NO. The Bertz CT molecular complexity index is 223. The van der Waals surface area contributed by atoms with Gasteiger partial charge >= 0.3 is 0 Å². The van der Waals surface area contributed by atoms with Gasteiger partial charge in [-0.1, -0.05) is 32.3 Å². The Morgan fingerprint density at radius 2 is 2.23 bits per heavy atom. The highest BCUT2D eigenvalue weighted by molar-refractivity contribution is 5.06. The van der Waals surface area contributed by atoms with Crippen molar-refractivity contribution in [2.75, 3.05) is 0 Å². The summed E-state index contributed by atoms with van der Waals surface area (Å²) in [6.45, 7) is 2.16. The summed E-state index contributed by atoms with van der Waals surface area (Å²) >= 11 is 0. The van der Waals surface area contributed by atoms with E-state index in [0.717, 1.165) is 18.5 Å². The molecule has 0 aliphatic rings. The minimum atomic E-state index is -0.382. The van der Waals surface area contributed by atoms with Gasteiger partial charge in [-0.3, -0.25) is 4.98 Å². The summed E-state index contributed by atoms with van der Waals surface area (Å²) in [4.78, 5) is 4.11. The second-order valence-electron chi connectivity index (χ2n) is 3.27. The zero-order valence-corrected chi connectivity index (χ0v) is 8.11. The highest BCUT2D eigenvalue weighted by Crippen LogP contribution is 2.16. The minimum absolute atomic E-state index is 0.382. The van der Waals surface area contributed by atoms with Crippen LogP contribution < -0.4 is 0 Å². The van der Waals surface area contributed by atoms with Crippen molar-refractivity contribution in [2.45, 2.75) is 38.7 Å². The molecule has 0 fully saturated rings. The van der Waals surface area contributed by atoms with E-state index in [4.69, 9.17) is 0 Å². The maximum atomic E-state index is 9.68. The number of nitrogens with zero attached hydrogens (tertiary/aromatic N) is 1. The van der Waals surface area contributed by atoms with Crippen LogP contribution in [0, 0.1) is 0 Å². The van der Waals surface area contributed by atoms with Crippen LogP contribution in [-0.2, 0) is 0 Å². The van der Waals surface area contributed by atoms with E-state index < -0.39 is 0 Å². The van der Waals surface area contributed by atoms with Crippen LogP contribution in [0.1, 0.15) is 44.4 Å². The fourth-order valence-electron chi connectivity index (χ4n) is 1.31. The standard InChI is InChI=1S/C11H17NO/c1-2-3-4-8-11(13)10-7-5-6-9-12-10/h5-7,9,11,13H,2-4,8H2,1H3. The third kappa shape index (κ3) is 3.55. The lowest BCUT2D eigenvalue weighted by Crippen LogP contribution is -1.99. The van der Waals surface area contributed by atoms with Gasteiger partial charge in [-0.05, 0) is 18.6 Å². The molecule has 0 aliphatic carbocycles. The lowest BCUT2D eigenvalue weighted by molar-refractivity contribution is 0.159. The van der Waals surface area contributed by atoms with Gasteiger partial charge in [0.15, 0.2) is 0 Å². The zero-order valence-electron chi connectivity index (χ0n) is 8.11. The van der Waals surface area contributed by atoms with Gasteiger partial charge in [0.25, 0.3) is 0 Å². The van der Waals surface area contributed by atoms with Gasteiger partial charge in [-0.25, -0.2) is 0 Å². The number of hydrogen-bond donors (Lipinski definition) is 1. The molecule has 1 atom stereocenters. The molecule has 1 rings (SSSR count). The summed E-state index contributed by atoms with van der Waals surface area (Å²) in [6.07, 6.45) is 5.61. The molecule has 0 saturated carbocycles. The number of unbranched alkanes of at least 4 members (excludes halogenated alkanes) is 2. The lowest BCUT2D eigenvalue weighted by atomic mass is 10.1. The average Bonchev–Trinajstić information content (AvgIpc) is 2.19. The Balaban J connectivity index is 2.35. The van der Waals surface area contributed by atoms with E-state index >= 15 is 0 Å². The predicted octanol–water partition coefficient (Wildman–Crippen LogP) is 2.70. The van der Waals surface area contributed by atoms with Crippen LogP contribution in [-0.4, -0.2) is 10.1 Å². The van der Waals surface area contributed by atoms with Crippen molar-refractivity contribution in [2.24, 2.45) is 0 Å². The summed E-state index contributed by atoms with van der Waals surface area (Å²) in [5.74, 6) is 0. The van der Waals surface area contributed by atoms with Crippen molar-refractivity contribution < 1.29 is 5.11 Å². The first-order chi connectivity index (χ1) is 6.34. The molecule has 1 aromatic rings. The monoisotopic (exact) mass is 179 g/mol. The van der Waals surface area contributed by atoms with E-state index in [2.05, 4.69) is 11.9 Å². The van der Waals surface area contributed by atoms with E-state index in [9.17, 15) is 5.11 Å². The summed E-state index contributed by atoms with van der Waals surface area (Å²) < 4.78 is 0. The molecule has 0 amide bonds. The fourth-order valence-corrected chi connectivity index (χ4v) is 1.31. The van der Waals surface area contributed by atoms with Crippen LogP contribution in [0.2, 0.25) is 0 Å². The van der Waals surface area contributed by atoms with Crippen LogP contribution in [0.25, 0.3) is 0 Å². The zero-order chi connectivity index (χ0) is 9.52. The molecule has 0 radical (unpaired) electrons. The van der Waals surface area contributed by atoms with Crippen molar-refractivity contribution in [1.29, 1.82) is 0 Å². The van der Waals surface area contributed by atoms with Crippen molar-refractivity contribution in [3.8, 4) is 0 Å². The second kappa shape index (κ2) is 5.70. The Morgan fingerprint density at radius 3 is 2.85 bits per heavy atom. The number of rotatable bonds is 5. The minimum Gasteiger partial charge on any atom is -0.387 e. The third-order valence-corrected chi connectivity index (χ3v) is 2.11. The number of pyridine rings is 1. The molecule has 2 heteroatoms. The van der Waals surface area contributed by atoms with Crippen molar-refractivity contribution in [3.05, 3.63) is 30.1 Å². The summed E-state index contributed by atoms with van der Waals surface area (Å²) in [5.41, 5.74) is 0.790. The maximum Gasteiger partial charge on any atom is 0.0959 e. The average molecular weight is 179 g/mol. The molecule has 1 aromatic heterocycles. The highest BCUT2D eigenvalue weighted by atomic mass is 16.3. The van der Waals surface area contributed by atoms with Gasteiger partial charge < -0.3 is 5.11 Å². The second-order valence-corrected chi connectivity index (χ2v) is 3.27. The molecule has 2 nitrogen and oxygen atoms in total. The number of aliphatic hydroxyl groups is 1. The number of hydrogen-bond acceptors (Lipinski definition) is 2. The molecule has 0 saturated heterocycles. The summed E-state index contributed by atoms with van der Waals surface area (Å²) in [6, 6.07) is 5.64. The smallest absolute Gasteiger partial charge is 0.0959 e. The maximum absolute atomic E-state index is 9.68. The molecule has 0 spiro atoms. The van der Waals surface area contributed by atoms with Crippen LogP contribution in [0.5, 0.6) is 0 Å². The first kappa shape index (κ1) is 10.2. The van der Waals surface area contributed by atoms with Crippen molar-refractivity contribution in [3.63, 3.8) is 0 Å². The molecule has 0 aromatic carbocycles. The Morgan fingerprint density at radius 1 is 1.38 bits per heavy atom. The molecule has 1 unspecified atom stereocenters. The van der Waals surface area contributed by atoms with E-state index in [0.29, 0.717) is 0 Å². The number of aliphatic hydroxyl groups excluding tert-OH is 1. The normalized spacial score (nSPS) is 12.8. The van der Waals surface area contributed by atoms with Crippen LogP contribution in [0.4, 0.5) is 0 Å². The predicted molar refractivity (Wildman–Crippen MR) is 53.3 cm³/mol. The molecule has 0 bridgehead atoms. The third-order valence-electron chi connectivity index (χ3n) is 2.11. The van der Waals surface area contributed by atoms with Crippen LogP contribution >= 0.6 is 0 Å². The topological polar surface area (TPSA) is 33.1 Å². The van der Waals surface area contributed by atoms with Gasteiger partial charge in [0.2, 0.25) is 0 Å². The van der Waals surface area contributed by atoms with E-state index in [1.54, 1.807) is 6.20 Å². The van der Waals surface area contributed by atoms with E-state index in [-0.39, 0.29) is 6.10 Å². The van der Waals surface area contributed by atoms with Gasteiger partial charge in [-0.2, -0.15) is 0 Å². The van der Waals surface area contributed by atoms with Crippen molar-refractivity contribution in [1.82, 2.24) is 4.98 Å².